The average Bonchev–Trinajstić information content (AvgIpc) is 2.56. The van der Waals surface area contributed by atoms with Gasteiger partial charge in [0, 0.05) is 17.9 Å². The first-order valence-electron chi connectivity index (χ1n) is 7.66. The van der Waals surface area contributed by atoms with Crippen molar-refractivity contribution in [1.82, 2.24) is 0 Å². The molecule has 0 bridgehead atoms. The number of aliphatic hydroxyl groups excluding tert-OH is 2. The van der Waals surface area contributed by atoms with Crippen LogP contribution in [0.25, 0.3) is 0 Å². The van der Waals surface area contributed by atoms with Crippen molar-refractivity contribution in [3.63, 3.8) is 0 Å². The van der Waals surface area contributed by atoms with Gasteiger partial charge in [-0.05, 0) is 19.4 Å². The summed E-state index contributed by atoms with van der Waals surface area (Å²) < 4.78 is 10.4. The molecular weight excluding hydrogens is 296 g/mol. The first kappa shape index (κ1) is 19.2. The Morgan fingerprint density at radius 3 is 2.48 bits per heavy atom. The second kappa shape index (κ2) is 8.70. The zero-order chi connectivity index (χ0) is 17.6. The van der Waals surface area contributed by atoms with Gasteiger partial charge < -0.3 is 19.4 Å². The van der Waals surface area contributed by atoms with E-state index < -0.39 is 18.1 Å². The lowest BCUT2D eigenvalue weighted by atomic mass is 9.95. The molecule has 0 fully saturated rings. The lowest BCUT2D eigenvalue weighted by Gasteiger charge is -2.18. The number of hydrogen-bond donors (Lipinski definition) is 2. The van der Waals surface area contributed by atoms with Gasteiger partial charge in [-0.15, -0.1) is 0 Å². The fraction of sp³-hybridized carbons (Fsp3) is 0.500. The van der Waals surface area contributed by atoms with E-state index >= 15 is 0 Å². The maximum absolute atomic E-state index is 11.6. The van der Waals surface area contributed by atoms with E-state index in [1.54, 1.807) is 19.1 Å². The summed E-state index contributed by atoms with van der Waals surface area (Å²) in [6.45, 7) is 7.36. The van der Waals surface area contributed by atoms with E-state index in [2.05, 4.69) is 0 Å². The molecule has 0 saturated carbocycles. The number of methoxy groups -OCH3 is 1. The maximum atomic E-state index is 11.6. The number of ether oxygens (including phenoxy) is 1. The zero-order valence-corrected chi connectivity index (χ0v) is 14.3. The smallest absolute Gasteiger partial charge is 0.288 e. The largest absolute Gasteiger partial charge is 0.468 e. The van der Waals surface area contributed by atoms with Crippen LogP contribution in [-0.2, 0) is 0 Å². The van der Waals surface area contributed by atoms with Crippen LogP contribution in [0.15, 0.2) is 45.1 Å². The van der Waals surface area contributed by atoms with Crippen LogP contribution >= 0.6 is 0 Å². The second-order valence-electron chi connectivity index (χ2n) is 5.72. The lowest BCUT2D eigenvalue weighted by molar-refractivity contribution is 0.165. The Labute approximate surface area is 136 Å². The minimum Gasteiger partial charge on any atom is -0.468 e. The summed E-state index contributed by atoms with van der Waals surface area (Å²) in [7, 11) is 1.41. The Balaban J connectivity index is 2.85. The van der Waals surface area contributed by atoms with Crippen LogP contribution in [0.1, 0.15) is 39.4 Å². The van der Waals surface area contributed by atoms with E-state index in [4.69, 9.17) is 9.15 Å². The molecule has 0 aromatic carbocycles. The molecule has 5 heteroatoms. The van der Waals surface area contributed by atoms with Gasteiger partial charge in [-0.1, -0.05) is 32.1 Å². The molecule has 0 aliphatic carbocycles. The number of hydrogen-bond acceptors (Lipinski definition) is 5. The van der Waals surface area contributed by atoms with Crippen molar-refractivity contribution in [2.45, 2.75) is 45.8 Å². The molecule has 0 amide bonds. The number of aliphatic hydroxyl groups is 2. The first-order valence-corrected chi connectivity index (χ1v) is 7.66. The van der Waals surface area contributed by atoms with E-state index in [0.717, 1.165) is 5.57 Å². The summed E-state index contributed by atoms with van der Waals surface area (Å²) in [5.41, 5.74) is 0.641. The molecule has 23 heavy (non-hydrogen) atoms. The molecule has 1 rings (SSSR count). The van der Waals surface area contributed by atoms with Crippen molar-refractivity contribution < 1.29 is 19.4 Å². The summed E-state index contributed by atoms with van der Waals surface area (Å²) in [5, 5.41) is 20.3. The highest BCUT2D eigenvalue weighted by molar-refractivity contribution is 5.16. The van der Waals surface area contributed by atoms with Crippen molar-refractivity contribution in [2.75, 3.05) is 7.11 Å². The van der Waals surface area contributed by atoms with Gasteiger partial charge in [0.1, 0.15) is 5.76 Å². The van der Waals surface area contributed by atoms with Crippen LogP contribution in [0, 0.1) is 5.92 Å². The van der Waals surface area contributed by atoms with Gasteiger partial charge in [-0.25, -0.2) is 0 Å². The molecule has 0 aliphatic heterocycles. The molecule has 1 aromatic heterocycles. The van der Waals surface area contributed by atoms with Gasteiger partial charge in [0.05, 0.1) is 25.4 Å². The molecule has 1 aromatic rings. The average molecular weight is 322 g/mol. The molecule has 5 nitrogen and oxygen atoms in total. The minimum atomic E-state index is -0.842. The molecule has 0 saturated heterocycles. The zero-order valence-electron chi connectivity index (χ0n) is 14.3. The van der Waals surface area contributed by atoms with Gasteiger partial charge in [0.15, 0.2) is 5.43 Å². The third-order valence-electron chi connectivity index (χ3n) is 3.96. The predicted molar refractivity (Wildman–Crippen MR) is 89.7 cm³/mol. The second-order valence-corrected chi connectivity index (χ2v) is 5.72. The monoisotopic (exact) mass is 322 g/mol. The molecule has 0 unspecified atom stereocenters. The van der Waals surface area contributed by atoms with Gasteiger partial charge >= 0.3 is 0 Å². The highest BCUT2D eigenvalue weighted by atomic mass is 16.6. The summed E-state index contributed by atoms with van der Waals surface area (Å²) in [6.07, 6.45) is 3.80. The SMILES string of the molecule is C/C=C(\C)[C@H](O)[C@@H](C)/C=C/[C@H](O)[C@@H](C)c1cc(=O)cc(OC)o1. The lowest BCUT2D eigenvalue weighted by Crippen LogP contribution is -2.19. The van der Waals surface area contributed by atoms with Gasteiger partial charge in [-0.3, -0.25) is 4.79 Å². The first-order chi connectivity index (χ1) is 10.8. The number of rotatable bonds is 7. The van der Waals surface area contributed by atoms with Gasteiger partial charge in [0.2, 0.25) is 0 Å². The van der Waals surface area contributed by atoms with E-state index in [1.807, 2.05) is 26.8 Å². The fourth-order valence-corrected chi connectivity index (χ4v) is 2.11. The van der Waals surface area contributed by atoms with Gasteiger partial charge in [0.25, 0.3) is 5.95 Å². The van der Waals surface area contributed by atoms with Crippen molar-refractivity contribution in [3.8, 4) is 5.95 Å². The van der Waals surface area contributed by atoms with Crippen molar-refractivity contribution in [3.05, 3.63) is 51.9 Å². The topological polar surface area (TPSA) is 79.9 Å². The Morgan fingerprint density at radius 1 is 1.26 bits per heavy atom. The summed E-state index contributed by atoms with van der Waals surface area (Å²) in [5.74, 6) is -0.0843. The van der Waals surface area contributed by atoms with Crippen LogP contribution in [0.3, 0.4) is 0 Å². The third kappa shape index (κ3) is 5.37. The fourth-order valence-electron chi connectivity index (χ4n) is 2.11. The van der Waals surface area contributed by atoms with Crippen LogP contribution in [0.4, 0.5) is 0 Å². The van der Waals surface area contributed by atoms with Crippen molar-refractivity contribution in [1.29, 1.82) is 0 Å². The van der Waals surface area contributed by atoms with Gasteiger partial charge in [-0.2, -0.15) is 0 Å². The highest BCUT2D eigenvalue weighted by Gasteiger charge is 2.19. The Bertz CT molecular complexity index is 614. The Kier molecular flexibility index (Phi) is 7.26. The molecule has 0 spiro atoms. The summed E-state index contributed by atoms with van der Waals surface area (Å²) in [4.78, 5) is 11.6. The van der Waals surface area contributed by atoms with Crippen molar-refractivity contribution in [2.24, 2.45) is 5.92 Å². The predicted octanol–water partition coefficient (Wildman–Crippen LogP) is 2.63. The normalized spacial score (nSPS) is 17.8. The summed E-state index contributed by atoms with van der Waals surface area (Å²) >= 11 is 0. The number of allylic oxidation sites excluding steroid dienone is 1. The quantitative estimate of drug-likeness (QED) is 0.754. The molecular formula is C18H26O5. The molecule has 0 radical (unpaired) electrons. The maximum Gasteiger partial charge on any atom is 0.288 e. The van der Waals surface area contributed by atoms with Crippen LogP contribution in [0.5, 0.6) is 5.95 Å². The standard InChI is InChI=1S/C18H26O5/c1-6-11(2)18(21)12(3)7-8-15(20)13(4)16-9-14(19)10-17(22-5)23-16/h6-10,12-13,15,18,20-21H,1-5H3/b8-7+,11-6+/t12-,13+,15-,18-/m0/s1. The Morgan fingerprint density at radius 2 is 1.91 bits per heavy atom. The minimum absolute atomic E-state index is 0.114. The molecule has 1 heterocycles. The summed E-state index contributed by atoms with van der Waals surface area (Å²) in [6, 6.07) is 2.59. The molecule has 0 aliphatic rings. The Hall–Kier alpha value is -1.85. The molecule has 4 atom stereocenters. The van der Waals surface area contributed by atoms with Crippen LogP contribution < -0.4 is 10.2 Å². The van der Waals surface area contributed by atoms with E-state index in [9.17, 15) is 15.0 Å². The van der Waals surface area contributed by atoms with Crippen LogP contribution in [0.2, 0.25) is 0 Å². The van der Waals surface area contributed by atoms with E-state index in [1.165, 1.54) is 19.2 Å². The van der Waals surface area contributed by atoms with Crippen LogP contribution in [-0.4, -0.2) is 29.5 Å². The molecule has 128 valence electrons. The van der Waals surface area contributed by atoms with Crippen molar-refractivity contribution >= 4 is 0 Å². The third-order valence-corrected chi connectivity index (χ3v) is 3.96. The molecule has 2 N–H and O–H groups in total. The highest BCUT2D eigenvalue weighted by Crippen LogP contribution is 2.23. The van der Waals surface area contributed by atoms with E-state index in [0.29, 0.717) is 5.76 Å². The van der Waals surface area contributed by atoms with E-state index in [-0.39, 0.29) is 17.3 Å².